The zero-order chi connectivity index (χ0) is 29.9. The molecule has 5 rings (SSSR count). The van der Waals surface area contributed by atoms with E-state index in [1.165, 1.54) is 10.5 Å². The second kappa shape index (κ2) is 12.1. The number of carbonyl (C=O) groups excluding carboxylic acids is 2. The Kier molecular flexibility index (Phi) is 8.50. The SMILES string of the molecule is O=C(NCc1ccc(C2CC2)cc1)[C@H]1CN(C(=O)Cc2ccncc2)CCN1S(=O)(=O)c1ccc(OC(F)(F)F)cc1. The highest BCUT2D eigenvalue weighted by atomic mass is 32.2. The van der Waals surface area contributed by atoms with Gasteiger partial charge in [0.05, 0.1) is 11.3 Å². The highest BCUT2D eigenvalue weighted by Crippen LogP contribution is 2.39. The molecule has 222 valence electrons. The number of halogens is 3. The number of aromatic nitrogens is 1. The molecule has 1 aliphatic heterocycles. The summed E-state index contributed by atoms with van der Waals surface area (Å²) in [7, 11) is -4.33. The summed E-state index contributed by atoms with van der Waals surface area (Å²) >= 11 is 0. The normalized spacial score (nSPS) is 18.0. The molecule has 1 saturated carbocycles. The Balaban J connectivity index is 1.34. The number of piperazine rings is 1. The molecule has 1 aromatic heterocycles. The van der Waals surface area contributed by atoms with Crippen LogP contribution < -0.4 is 10.1 Å². The standard InChI is InChI=1S/C29H29F3N4O5S/c30-29(31,32)41-24-7-9-25(10-8-24)42(39,40)36-16-15-35(27(37)17-20-11-13-33-14-12-20)19-26(36)28(38)34-18-21-1-3-22(4-2-21)23-5-6-23/h1-4,7-14,23,26H,5-6,15-19H2,(H,34,38)/t26-/m1/s1. The molecule has 0 radical (unpaired) electrons. The molecule has 1 aliphatic carbocycles. The summed E-state index contributed by atoms with van der Waals surface area (Å²) in [5, 5.41) is 2.79. The average molecular weight is 603 g/mol. The summed E-state index contributed by atoms with van der Waals surface area (Å²) in [6.45, 7) is -0.183. The molecule has 2 aliphatic rings. The predicted molar refractivity (Wildman–Crippen MR) is 146 cm³/mol. The van der Waals surface area contributed by atoms with Crippen molar-refractivity contribution in [3.05, 3.63) is 89.7 Å². The fourth-order valence-corrected chi connectivity index (χ4v) is 6.43. The van der Waals surface area contributed by atoms with Crippen molar-refractivity contribution in [2.45, 2.75) is 49.0 Å². The van der Waals surface area contributed by atoms with Crippen molar-refractivity contribution in [1.82, 2.24) is 19.5 Å². The van der Waals surface area contributed by atoms with Gasteiger partial charge in [-0.2, -0.15) is 4.31 Å². The number of ether oxygens (including phenoxy) is 1. The summed E-state index contributed by atoms with van der Waals surface area (Å²) in [5.41, 5.74) is 2.80. The van der Waals surface area contributed by atoms with Gasteiger partial charge in [0, 0.05) is 38.6 Å². The Morgan fingerprint density at radius 2 is 1.60 bits per heavy atom. The first kappa shape index (κ1) is 29.5. The molecule has 42 heavy (non-hydrogen) atoms. The zero-order valence-corrected chi connectivity index (χ0v) is 23.3. The van der Waals surface area contributed by atoms with Gasteiger partial charge >= 0.3 is 6.36 Å². The van der Waals surface area contributed by atoms with Crippen molar-refractivity contribution in [2.24, 2.45) is 0 Å². The number of carbonyl (C=O) groups is 2. The minimum Gasteiger partial charge on any atom is -0.406 e. The van der Waals surface area contributed by atoms with E-state index in [4.69, 9.17) is 0 Å². The van der Waals surface area contributed by atoms with E-state index in [1.807, 2.05) is 24.3 Å². The largest absolute Gasteiger partial charge is 0.573 e. The van der Waals surface area contributed by atoms with Crippen LogP contribution in [0.1, 0.15) is 35.4 Å². The number of hydrogen-bond donors (Lipinski definition) is 1. The van der Waals surface area contributed by atoms with Crippen molar-refractivity contribution in [3.63, 3.8) is 0 Å². The van der Waals surface area contributed by atoms with Crippen LogP contribution in [0.4, 0.5) is 13.2 Å². The van der Waals surface area contributed by atoms with Gasteiger partial charge in [0.15, 0.2) is 0 Å². The van der Waals surface area contributed by atoms with Gasteiger partial charge in [-0.1, -0.05) is 24.3 Å². The molecule has 2 heterocycles. The summed E-state index contributed by atoms with van der Waals surface area (Å²) in [6.07, 6.45) is 0.572. The number of rotatable bonds is 9. The molecule has 3 aromatic rings. The van der Waals surface area contributed by atoms with Gasteiger partial charge in [0.25, 0.3) is 0 Å². The zero-order valence-electron chi connectivity index (χ0n) is 22.5. The van der Waals surface area contributed by atoms with Crippen LogP contribution in [0.15, 0.2) is 78.0 Å². The third-order valence-electron chi connectivity index (χ3n) is 7.25. The summed E-state index contributed by atoms with van der Waals surface area (Å²) < 4.78 is 69.8. The summed E-state index contributed by atoms with van der Waals surface area (Å²) in [4.78, 5) is 31.6. The van der Waals surface area contributed by atoms with E-state index >= 15 is 0 Å². The van der Waals surface area contributed by atoms with Crippen LogP contribution in [0.2, 0.25) is 0 Å². The lowest BCUT2D eigenvalue weighted by molar-refractivity contribution is -0.274. The van der Waals surface area contributed by atoms with Crippen molar-refractivity contribution in [2.75, 3.05) is 19.6 Å². The summed E-state index contributed by atoms with van der Waals surface area (Å²) in [5.74, 6) is -0.863. The van der Waals surface area contributed by atoms with E-state index in [9.17, 15) is 31.2 Å². The Hall–Kier alpha value is -3.97. The van der Waals surface area contributed by atoms with E-state index in [0.717, 1.165) is 52.5 Å². The van der Waals surface area contributed by atoms with Crippen molar-refractivity contribution < 1.29 is 35.9 Å². The molecule has 0 bridgehead atoms. The maximum atomic E-state index is 13.6. The minimum absolute atomic E-state index is 0.0326. The Labute approximate surface area is 241 Å². The molecule has 1 atom stereocenters. The van der Waals surface area contributed by atoms with Gasteiger partial charge in [-0.3, -0.25) is 14.6 Å². The van der Waals surface area contributed by atoms with Crippen LogP contribution >= 0.6 is 0 Å². The molecule has 0 unspecified atom stereocenters. The first-order valence-electron chi connectivity index (χ1n) is 13.4. The second-order valence-electron chi connectivity index (χ2n) is 10.3. The molecule has 13 heteroatoms. The lowest BCUT2D eigenvalue weighted by Gasteiger charge is -2.39. The van der Waals surface area contributed by atoms with Gasteiger partial charge < -0.3 is 15.0 Å². The van der Waals surface area contributed by atoms with Crippen molar-refractivity contribution in [1.29, 1.82) is 0 Å². The maximum absolute atomic E-state index is 13.6. The van der Waals surface area contributed by atoms with Gasteiger partial charge in [0.1, 0.15) is 11.8 Å². The maximum Gasteiger partial charge on any atom is 0.573 e. The molecule has 9 nitrogen and oxygen atoms in total. The van der Waals surface area contributed by atoms with Crippen LogP contribution in [0, 0.1) is 0 Å². The smallest absolute Gasteiger partial charge is 0.406 e. The van der Waals surface area contributed by atoms with Crippen LogP contribution in [-0.2, 0) is 32.6 Å². The van der Waals surface area contributed by atoms with Gasteiger partial charge in [0.2, 0.25) is 21.8 Å². The fraction of sp³-hybridized carbons (Fsp3) is 0.345. The molecular weight excluding hydrogens is 573 g/mol. The highest BCUT2D eigenvalue weighted by molar-refractivity contribution is 7.89. The number of amides is 2. The Bertz CT molecular complexity index is 1510. The number of sulfonamides is 1. The number of benzene rings is 2. The minimum atomic E-state index is -4.93. The summed E-state index contributed by atoms with van der Waals surface area (Å²) in [6, 6.07) is 13.8. The van der Waals surface area contributed by atoms with Crippen LogP contribution in [-0.4, -0.2) is 66.5 Å². The van der Waals surface area contributed by atoms with E-state index < -0.39 is 34.1 Å². The monoisotopic (exact) mass is 602 g/mol. The Morgan fingerprint density at radius 3 is 2.21 bits per heavy atom. The van der Waals surface area contributed by atoms with E-state index in [1.54, 1.807) is 24.5 Å². The molecule has 0 spiro atoms. The third-order valence-corrected chi connectivity index (χ3v) is 9.17. The number of alkyl halides is 3. The van der Waals surface area contributed by atoms with E-state index in [2.05, 4.69) is 15.0 Å². The van der Waals surface area contributed by atoms with E-state index in [-0.39, 0.29) is 43.4 Å². The van der Waals surface area contributed by atoms with Crippen molar-refractivity contribution >= 4 is 21.8 Å². The fourth-order valence-electron chi connectivity index (χ4n) is 4.86. The molecule has 1 N–H and O–H groups in total. The molecule has 2 aromatic carbocycles. The number of hydrogen-bond acceptors (Lipinski definition) is 6. The van der Waals surface area contributed by atoms with Crippen LogP contribution in [0.25, 0.3) is 0 Å². The average Bonchev–Trinajstić information content (AvgIpc) is 3.82. The van der Waals surface area contributed by atoms with Crippen LogP contribution in [0.5, 0.6) is 5.75 Å². The van der Waals surface area contributed by atoms with Gasteiger partial charge in [-0.05, 0) is 71.8 Å². The van der Waals surface area contributed by atoms with Crippen LogP contribution in [0.3, 0.4) is 0 Å². The van der Waals surface area contributed by atoms with E-state index in [0.29, 0.717) is 5.92 Å². The first-order chi connectivity index (χ1) is 20.0. The quantitative estimate of drug-likeness (QED) is 0.401. The molecule has 1 saturated heterocycles. The second-order valence-corrected chi connectivity index (χ2v) is 12.1. The van der Waals surface area contributed by atoms with Crippen molar-refractivity contribution in [3.8, 4) is 5.75 Å². The lowest BCUT2D eigenvalue weighted by Crippen LogP contribution is -2.61. The molecule has 2 amide bonds. The number of nitrogens with one attached hydrogen (secondary N) is 1. The Morgan fingerprint density at radius 1 is 0.929 bits per heavy atom. The van der Waals surface area contributed by atoms with Gasteiger partial charge in [-0.25, -0.2) is 8.42 Å². The topological polar surface area (TPSA) is 109 Å². The number of pyridine rings is 1. The number of nitrogens with zero attached hydrogens (tertiary/aromatic N) is 3. The first-order valence-corrected chi connectivity index (χ1v) is 14.8. The highest BCUT2D eigenvalue weighted by Gasteiger charge is 2.41. The predicted octanol–water partition coefficient (Wildman–Crippen LogP) is 3.62. The third kappa shape index (κ3) is 7.26. The molecular formula is C29H29F3N4O5S. The lowest BCUT2D eigenvalue weighted by atomic mass is 10.1. The molecule has 2 fully saturated rings. The van der Waals surface area contributed by atoms with Gasteiger partial charge in [-0.15, -0.1) is 13.2 Å².